The minimum Gasteiger partial charge on any atom is -0.393 e. The molecule has 0 spiro atoms. The van der Waals surface area contributed by atoms with Gasteiger partial charge in [0, 0.05) is 18.3 Å². The van der Waals surface area contributed by atoms with Crippen LogP contribution in [0.2, 0.25) is 0 Å². The zero-order valence-corrected chi connectivity index (χ0v) is 21.7. The number of hydrogen-bond acceptors (Lipinski definition) is 10. The van der Waals surface area contributed by atoms with Gasteiger partial charge < -0.3 is 25.7 Å². The van der Waals surface area contributed by atoms with Crippen LogP contribution < -0.4 is 11.0 Å². The minimum absolute atomic E-state index is 0.00515. The maximum Gasteiger partial charge on any atom is 0.332 e. The second-order valence-corrected chi connectivity index (χ2v) is 11.1. The summed E-state index contributed by atoms with van der Waals surface area (Å²) in [5, 5.41) is 43.7. The molecule has 0 saturated heterocycles. The Bertz CT molecular complexity index is 1590. The summed E-state index contributed by atoms with van der Waals surface area (Å²) in [5.74, 6) is -3.00. The number of anilines is 2. The van der Waals surface area contributed by atoms with E-state index in [1.165, 1.54) is 29.1 Å². The lowest BCUT2D eigenvalue weighted by Crippen LogP contribution is -2.42. The van der Waals surface area contributed by atoms with Gasteiger partial charge in [-0.1, -0.05) is 0 Å². The van der Waals surface area contributed by atoms with Gasteiger partial charge in [0.25, 0.3) is 0 Å². The van der Waals surface area contributed by atoms with E-state index in [0.717, 1.165) is 11.3 Å². The van der Waals surface area contributed by atoms with Crippen LogP contribution in [-0.4, -0.2) is 58.5 Å². The van der Waals surface area contributed by atoms with Gasteiger partial charge >= 0.3 is 5.69 Å². The molecule has 11 nitrogen and oxygen atoms in total. The molecule has 4 heterocycles. The predicted molar refractivity (Wildman–Crippen MR) is 140 cm³/mol. The molecule has 198 valence electrons. The Morgan fingerprint density at radius 1 is 1.13 bits per heavy atom. The first-order valence-electron chi connectivity index (χ1n) is 11.9. The monoisotopic (exact) mass is 540 g/mol. The van der Waals surface area contributed by atoms with Gasteiger partial charge in [0.15, 0.2) is 19.5 Å². The molecular formula is C24H26BFN6O5S. The maximum absolute atomic E-state index is 15.0. The molecule has 4 aromatic heterocycles. The van der Waals surface area contributed by atoms with Crippen molar-refractivity contribution in [2.75, 3.05) is 5.32 Å². The Labute approximate surface area is 221 Å². The Hall–Kier alpha value is -3.17. The van der Waals surface area contributed by atoms with Crippen molar-refractivity contribution in [1.82, 2.24) is 24.1 Å². The van der Waals surface area contributed by atoms with Gasteiger partial charge in [-0.15, -0.1) is 11.3 Å². The average molecular weight is 540 g/mol. The summed E-state index contributed by atoms with van der Waals surface area (Å²) in [6.07, 6.45) is 3.50. The Morgan fingerprint density at radius 2 is 1.87 bits per heavy atom. The Morgan fingerprint density at radius 3 is 2.47 bits per heavy atom. The number of hydrogen-bond donors (Lipinski definition) is 5. The highest BCUT2D eigenvalue weighted by molar-refractivity contribution is 7.15. The summed E-state index contributed by atoms with van der Waals surface area (Å²) in [4.78, 5) is 26.6. The van der Waals surface area contributed by atoms with E-state index in [4.69, 9.17) is 7.85 Å². The Kier molecular flexibility index (Phi) is 6.43. The number of aromatic nitrogens is 5. The van der Waals surface area contributed by atoms with E-state index >= 15 is 4.39 Å². The smallest absolute Gasteiger partial charge is 0.332 e. The summed E-state index contributed by atoms with van der Waals surface area (Å²) >= 11 is 1.13. The lowest BCUT2D eigenvalue weighted by atomic mass is 10.0. The molecule has 1 aliphatic rings. The van der Waals surface area contributed by atoms with Crippen molar-refractivity contribution in [2.24, 2.45) is 0 Å². The Balaban J connectivity index is 1.57. The molecule has 0 aliphatic heterocycles. The highest BCUT2D eigenvalue weighted by Crippen LogP contribution is 2.35. The second-order valence-electron chi connectivity index (χ2n) is 10.1. The zero-order chi connectivity index (χ0) is 27.6. The molecule has 0 bridgehead atoms. The summed E-state index contributed by atoms with van der Waals surface area (Å²) in [6, 6.07) is 2.64. The third-order valence-electron chi connectivity index (χ3n) is 6.54. The van der Waals surface area contributed by atoms with Crippen LogP contribution in [0.1, 0.15) is 49.6 Å². The molecule has 5 N–H and O–H groups in total. The number of aryl methyl sites for hydroxylation is 1. The number of imidazole rings is 1. The number of aliphatic hydroxyl groups is 4. The normalized spacial score (nSPS) is 18.4. The average Bonchev–Trinajstić information content (AvgIpc) is 3.52. The van der Waals surface area contributed by atoms with Crippen LogP contribution in [0.15, 0.2) is 29.3 Å². The van der Waals surface area contributed by atoms with Crippen LogP contribution in [-0.2, 0) is 11.4 Å². The maximum atomic E-state index is 15.0. The molecule has 2 unspecified atom stereocenters. The van der Waals surface area contributed by atoms with Crippen LogP contribution in [0, 0.1) is 12.7 Å². The standard InChI is InChI=1S/C24H26BFN6O5S/c1-11-6-18(30-20(19(11)26)21-28-10-16(38-21)23(2,3)35)29-17-8-14-15(9-27-17)32(24(25,36)37)22(34)31(14)12-4-5-13(33)7-12/h6,8-10,12-13,33,35-37H,4-5,7H2,1-3H3,(H,27,29,30). The second kappa shape index (κ2) is 9.24. The minimum atomic E-state index is -2.96. The molecule has 0 amide bonds. The molecule has 1 fully saturated rings. The number of rotatable bonds is 6. The first-order valence-corrected chi connectivity index (χ1v) is 12.7. The quantitative estimate of drug-likeness (QED) is 0.182. The van der Waals surface area contributed by atoms with E-state index in [0.29, 0.717) is 44.8 Å². The van der Waals surface area contributed by atoms with Crippen molar-refractivity contribution in [3.05, 3.63) is 51.3 Å². The summed E-state index contributed by atoms with van der Waals surface area (Å²) < 4.78 is 17.0. The fourth-order valence-electron chi connectivity index (χ4n) is 4.69. The molecule has 0 aromatic carbocycles. The predicted octanol–water partition coefficient (Wildman–Crippen LogP) is 1.94. The molecule has 38 heavy (non-hydrogen) atoms. The van der Waals surface area contributed by atoms with Gasteiger partial charge in [-0.05, 0) is 51.7 Å². The lowest BCUT2D eigenvalue weighted by molar-refractivity contribution is -0.151. The van der Waals surface area contributed by atoms with Crippen LogP contribution in [0.5, 0.6) is 0 Å². The molecule has 1 aliphatic carbocycles. The highest BCUT2D eigenvalue weighted by Gasteiger charge is 2.32. The fraction of sp³-hybridized carbons (Fsp3) is 0.417. The van der Waals surface area contributed by atoms with E-state index in [1.54, 1.807) is 20.8 Å². The lowest BCUT2D eigenvalue weighted by Gasteiger charge is -2.18. The van der Waals surface area contributed by atoms with Crippen LogP contribution in [0.4, 0.5) is 16.0 Å². The number of nitrogens with one attached hydrogen (secondary N) is 1. The summed E-state index contributed by atoms with van der Waals surface area (Å²) in [6.45, 7) is 4.81. The largest absolute Gasteiger partial charge is 0.393 e. The van der Waals surface area contributed by atoms with Gasteiger partial charge in [0.05, 0.1) is 33.8 Å². The van der Waals surface area contributed by atoms with Crippen molar-refractivity contribution in [3.63, 3.8) is 0 Å². The van der Waals surface area contributed by atoms with Gasteiger partial charge in [-0.3, -0.25) is 4.57 Å². The van der Waals surface area contributed by atoms with Crippen molar-refractivity contribution < 1.29 is 24.8 Å². The van der Waals surface area contributed by atoms with E-state index in [2.05, 4.69) is 20.3 Å². The molecule has 4 aromatic rings. The highest BCUT2D eigenvalue weighted by atomic mass is 32.1. The van der Waals surface area contributed by atoms with Crippen molar-refractivity contribution in [1.29, 1.82) is 0 Å². The first kappa shape index (κ1) is 26.4. The fourth-order valence-corrected chi connectivity index (χ4v) is 5.59. The molecule has 2 radical (unpaired) electrons. The number of thiazole rings is 1. The zero-order valence-electron chi connectivity index (χ0n) is 20.9. The van der Waals surface area contributed by atoms with Crippen molar-refractivity contribution in [2.45, 2.75) is 63.6 Å². The van der Waals surface area contributed by atoms with Gasteiger partial charge in [0.2, 0.25) is 0 Å². The number of pyridine rings is 2. The van der Waals surface area contributed by atoms with E-state index in [9.17, 15) is 25.2 Å². The summed E-state index contributed by atoms with van der Waals surface area (Å²) in [5.41, 5.74) is -1.18. The molecule has 1 saturated carbocycles. The van der Waals surface area contributed by atoms with Gasteiger partial charge in [-0.25, -0.2) is 28.7 Å². The van der Waals surface area contributed by atoms with Gasteiger partial charge in [0.1, 0.15) is 22.3 Å². The summed E-state index contributed by atoms with van der Waals surface area (Å²) in [7, 11) is 5.46. The van der Waals surface area contributed by atoms with E-state index in [1.807, 2.05) is 0 Å². The van der Waals surface area contributed by atoms with Crippen LogP contribution in [0.25, 0.3) is 21.7 Å². The number of aliphatic hydroxyl groups excluding tert-OH is 1. The van der Waals surface area contributed by atoms with Crippen molar-refractivity contribution in [3.8, 4) is 10.7 Å². The SMILES string of the molecule is [B]C(O)(O)n1c(=O)n(C2CCC(O)C2)c2cc(Nc3cc(C)c(F)c(-c4ncc(C(C)(C)O)s4)n3)ncc21. The van der Waals surface area contributed by atoms with Gasteiger partial charge in [-0.2, -0.15) is 0 Å². The topological polar surface area (TPSA) is 159 Å². The third-order valence-corrected chi connectivity index (χ3v) is 7.86. The van der Waals surface area contributed by atoms with Crippen LogP contribution >= 0.6 is 11.3 Å². The number of halogens is 1. The first-order chi connectivity index (χ1) is 17.7. The molecule has 14 heteroatoms. The third kappa shape index (κ3) is 4.73. The molecule has 2 atom stereocenters. The van der Waals surface area contributed by atoms with E-state index in [-0.39, 0.29) is 28.9 Å². The molecule has 5 rings (SSSR count). The van der Waals surface area contributed by atoms with Crippen LogP contribution in [0.3, 0.4) is 0 Å². The molecular weight excluding hydrogens is 514 g/mol. The van der Waals surface area contributed by atoms with Crippen molar-refractivity contribution >= 4 is 41.9 Å². The number of nitrogens with zero attached hydrogens (tertiary/aromatic N) is 5. The number of fused-ring (bicyclic) bond motifs is 1. The van der Waals surface area contributed by atoms with E-state index < -0.39 is 29.0 Å².